The Morgan fingerprint density at radius 3 is 2.56 bits per heavy atom. The van der Waals surface area contributed by atoms with E-state index in [1.807, 2.05) is 0 Å². The number of nitrogens with two attached hydrogens (primary N) is 1. The van der Waals surface area contributed by atoms with E-state index in [4.69, 9.17) is 10.5 Å². The molecule has 1 atom stereocenters. The summed E-state index contributed by atoms with van der Waals surface area (Å²) in [7, 11) is 1.50. The summed E-state index contributed by atoms with van der Waals surface area (Å²) in [5.41, 5.74) is 4.50. The normalized spacial score (nSPS) is 12.5. The third-order valence-corrected chi connectivity index (χ3v) is 4.76. The zero-order chi connectivity index (χ0) is 20.4. The number of nitrogens with one attached hydrogen (secondary N) is 1. The van der Waals surface area contributed by atoms with Gasteiger partial charge in [0.05, 0.1) is 19.7 Å². The standard InChI is InChI=1S/C19H34N4O4/c1-5-7-8-10-22(14(3)9-6-2)13-15(24)16-17(20)23(11-12-27-4)19(26)21-18(16)25/h14H,5-13,20H2,1-4H3,(H,21,25,26). The van der Waals surface area contributed by atoms with E-state index in [9.17, 15) is 14.4 Å². The fraction of sp³-hybridized carbons (Fsp3) is 0.737. The lowest BCUT2D eigenvalue weighted by molar-refractivity contribution is 0.0889. The maximum Gasteiger partial charge on any atom is 0.330 e. The summed E-state index contributed by atoms with van der Waals surface area (Å²) >= 11 is 0. The van der Waals surface area contributed by atoms with Gasteiger partial charge >= 0.3 is 5.69 Å². The molecule has 1 aromatic heterocycles. The smallest absolute Gasteiger partial charge is 0.330 e. The third kappa shape index (κ3) is 6.62. The van der Waals surface area contributed by atoms with E-state index in [0.29, 0.717) is 0 Å². The molecule has 8 nitrogen and oxygen atoms in total. The molecular weight excluding hydrogens is 348 g/mol. The zero-order valence-electron chi connectivity index (χ0n) is 17.0. The van der Waals surface area contributed by atoms with Crippen LogP contribution < -0.4 is 17.0 Å². The maximum absolute atomic E-state index is 12.9. The molecule has 0 aliphatic carbocycles. The molecule has 0 spiro atoms. The number of nitrogens with zero attached hydrogens (tertiary/aromatic N) is 2. The number of aromatic nitrogens is 2. The summed E-state index contributed by atoms with van der Waals surface area (Å²) in [5.74, 6) is -0.457. The van der Waals surface area contributed by atoms with Crippen LogP contribution in [0.3, 0.4) is 0 Å². The zero-order valence-corrected chi connectivity index (χ0v) is 17.0. The molecule has 1 rings (SSSR count). The van der Waals surface area contributed by atoms with E-state index in [1.165, 1.54) is 11.7 Å². The molecule has 0 aromatic carbocycles. The number of methoxy groups -OCH3 is 1. The van der Waals surface area contributed by atoms with Gasteiger partial charge in [-0.25, -0.2) is 4.79 Å². The lowest BCUT2D eigenvalue weighted by atomic mass is 10.1. The van der Waals surface area contributed by atoms with Crippen molar-refractivity contribution in [1.82, 2.24) is 14.5 Å². The minimum absolute atomic E-state index is 0.0950. The molecule has 0 aliphatic heterocycles. The Morgan fingerprint density at radius 1 is 1.26 bits per heavy atom. The van der Waals surface area contributed by atoms with Crippen molar-refractivity contribution in [3.8, 4) is 0 Å². The molecule has 0 amide bonds. The second-order valence-electron chi connectivity index (χ2n) is 6.90. The van der Waals surface area contributed by atoms with E-state index in [-0.39, 0.29) is 42.9 Å². The molecule has 154 valence electrons. The third-order valence-electron chi connectivity index (χ3n) is 4.76. The van der Waals surface area contributed by atoms with Crippen molar-refractivity contribution >= 4 is 11.6 Å². The van der Waals surface area contributed by atoms with Crippen LogP contribution in [-0.4, -0.2) is 53.1 Å². The van der Waals surface area contributed by atoms with Gasteiger partial charge in [0.1, 0.15) is 11.4 Å². The first-order valence-corrected chi connectivity index (χ1v) is 9.76. The number of aromatic amines is 1. The van der Waals surface area contributed by atoms with Crippen molar-refractivity contribution in [2.45, 2.75) is 65.5 Å². The van der Waals surface area contributed by atoms with Gasteiger partial charge in [0.2, 0.25) is 0 Å². The topological polar surface area (TPSA) is 110 Å². The highest BCUT2D eigenvalue weighted by Crippen LogP contribution is 2.12. The average Bonchev–Trinajstić information content (AvgIpc) is 2.60. The van der Waals surface area contributed by atoms with Crippen LogP contribution in [0, 0.1) is 0 Å². The molecule has 1 aromatic rings. The lowest BCUT2D eigenvalue weighted by Gasteiger charge is -2.28. The van der Waals surface area contributed by atoms with E-state index < -0.39 is 11.2 Å². The first kappa shape index (κ1) is 23.1. The summed E-state index contributed by atoms with van der Waals surface area (Å²) in [6, 6.07) is 0.232. The van der Waals surface area contributed by atoms with Crippen LogP contribution in [0.15, 0.2) is 9.59 Å². The van der Waals surface area contributed by atoms with Gasteiger partial charge in [-0.15, -0.1) is 0 Å². The minimum Gasteiger partial charge on any atom is -0.384 e. The Bertz CT molecular complexity index is 711. The SMILES string of the molecule is CCCCCN(CC(=O)c1c(N)n(CCOC)c(=O)[nH]c1=O)C(C)CCC. The highest BCUT2D eigenvalue weighted by molar-refractivity contribution is 6.01. The second-order valence-corrected chi connectivity index (χ2v) is 6.90. The fourth-order valence-electron chi connectivity index (χ4n) is 3.15. The number of nitrogen functional groups attached to an aromatic ring is 1. The van der Waals surface area contributed by atoms with E-state index in [0.717, 1.165) is 38.6 Å². The van der Waals surface area contributed by atoms with Gasteiger partial charge in [-0.05, 0) is 26.3 Å². The first-order chi connectivity index (χ1) is 12.9. The van der Waals surface area contributed by atoms with Crippen LogP contribution >= 0.6 is 0 Å². The van der Waals surface area contributed by atoms with Crippen molar-refractivity contribution < 1.29 is 9.53 Å². The fourth-order valence-corrected chi connectivity index (χ4v) is 3.15. The van der Waals surface area contributed by atoms with Crippen molar-refractivity contribution in [3.63, 3.8) is 0 Å². The van der Waals surface area contributed by atoms with Crippen molar-refractivity contribution in [2.75, 3.05) is 32.5 Å². The Balaban J connectivity index is 3.10. The number of hydrogen-bond acceptors (Lipinski definition) is 6. The summed E-state index contributed by atoms with van der Waals surface area (Å²) in [4.78, 5) is 41.4. The molecule has 1 heterocycles. The van der Waals surface area contributed by atoms with Gasteiger partial charge < -0.3 is 10.5 Å². The highest BCUT2D eigenvalue weighted by atomic mass is 16.5. The number of carbonyl (C=O) groups is 1. The molecule has 0 aliphatic rings. The van der Waals surface area contributed by atoms with E-state index in [1.54, 1.807) is 0 Å². The molecule has 1 unspecified atom stereocenters. The predicted octanol–water partition coefficient (Wildman–Crippen LogP) is 1.63. The molecule has 27 heavy (non-hydrogen) atoms. The molecule has 8 heteroatoms. The molecule has 0 saturated heterocycles. The number of rotatable bonds is 13. The van der Waals surface area contributed by atoms with Gasteiger partial charge in [0.25, 0.3) is 5.56 Å². The van der Waals surface area contributed by atoms with Crippen molar-refractivity contribution in [1.29, 1.82) is 0 Å². The number of hydrogen-bond donors (Lipinski definition) is 2. The van der Waals surface area contributed by atoms with Gasteiger partial charge in [-0.3, -0.25) is 24.0 Å². The van der Waals surface area contributed by atoms with E-state index >= 15 is 0 Å². The number of Topliss-reactive ketones (excluding diaryl/α,β-unsaturated/α-hetero) is 1. The monoisotopic (exact) mass is 382 g/mol. The summed E-state index contributed by atoms with van der Waals surface area (Å²) in [6.07, 6.45) is 5.18. The summed E-state index contributed by atoms with van der Waals surface area (Å²) < 4.78 is 6.14. The number of anilines is 1. The largest absolute Gasteiger partial charge is 0.384 e. The Labute approximate surface area is 160 Å². The number of unbranched alkanes of at least 4 members (excludes halogenated alkanes) is 2. The molecule has 3 N–H and O–H groups in total. The Kier molecular flexibility index (Phi) is 10.0. The molecule has 0 fully saturated rings. The molecule has 0 radical (unpaired) electrons. The van der Waals surface area contributed by atoms with Gasteiger partial charge in [0.15, 0.2) is 5.78 Å². The van der Waals surface area contributed by atoms with Crippen LogP contribution in [0.5, 0.6) is 0 Å². The summed E-state index contributed by atoms with van der Waals surface area (Å²) in [5, 5.41) is 0. The van der Waals surface area contributed by atoms with Gasteiger partial charge in [-0.1, -0.05) is 33.1 Å². The lowest BCUT2D eigenvalue weighted by Crippen LogP contribution is -2.42. The average molecular weight is 383 g/mol. The van der Waals surface area contributed by atoms with Crippen LogP contribution in [0.4, 0.5) is 5.82 Å². The number of ketones is 1. The number of ether oxygens (including phenoxy) is 1. The predicted molar refractivity (Wildman–Crippen MR) is 107 cm³/mol. The van der Waals surface area contributed by atoms with Crippen LogP contribution in [0.25, 0.3) is 0 Å². The second kappa shape index (κ2) is 11.7. The Morgan fingerprint density at radius 2 is 1.96 bits per heavy atom. The van der Waals surface area contributed by atoms with E-state index in [2.05, 4.69) is 30.7 Å². The number of H-pyrrole nitrogens is 1. The van der Waals surface area contributed by atoms with Gasteiger partial charge in [0, 0.05) is 13.2 Å². The van der Waals surface area contributed by atoms with Gasteiger partial charge in [-0.2, -0.15) is 0 Å². The molecular formula is C19H34N4O4. The quantitative estimate of drug-likeness (QED) is 0.396. The van der Waals surface area contributed by atoms with Crippen LogP contribution in [0.1, 0.15) is 63.2 Å². The molecule has 0 saturated carbocycles. The summed E-state index contributed by atoms with van der Waals surface area (Å²) in [6.45, 7) is 7.66. The number of carbonyl (C=O) groups excluding carboxylic acids is 1. The first-order valence-electron chi connectivity index (χ1n) is 9.76. The minimum atomic E-state index is -0.729. The molecule has 0 bridgehead atoms. The highest BCUT2D eigenvalue weighted by Gasteiger charge is 2.23. The van der Waals surface area contributed by atoms with Crippen molar-refractivity contribution in [3.05, 3.63) is 26.4 Å². The van der Waals surface area contributed by atoms with Crippen LogP contribution in [-0.2, 0) is 11.3 Å². The van der Waals surface area contributed by atoms with Crippen LogP contribution in [0.2, 0.25) is 0 Å². The Hall–Kier alpha value is -1.93. The maximum atomic E-state index is 12.9. The van der Waals surface area contributed by atoms with Crippen molar-refractivity contribution in [2.24, 2.45) is 0 Å².